The Bertz CT molecular complexity index is 1020. The van der Waals surface area contributed by atoms with E-state index in [-0.39, 0.29) is 18.0 Å². The molecule has 146 valence electrons. The van der Waals surface area contributed by atoms with Crippen molar-refractivity contribution in [1.82, 2.24) is 9.29 Å². The summed E-state index contributed by atoms with van der Waals surface area (Å²) in [5.74, 6) is 1.56. The number of nitrogens with zero attached hydrogens (tertiary/aromatic N) is 2. The van der Waals surface area contributed by atoms with Gasteiger partial charge in [0.1, 0.15) is 5.76 Å². The van der Waals surface area contributed by atoms with Crippen LogP contribution in [0.4, 0.5) is 0 Å². The van der Waals surface area contributed by atoms with Crippen LogP contribution in [-0.2, 0) is 23.1 Å². The van der Waals surface area contributed by atoms with Crippen molar-refractivity contribution in [2.75, 3.05) is 13.2 Å². The summed E-state index contributed by atoms with van der Waals surface area (Å²) in [4.78, 5) is 4.22. The molecule has 0 unspecified atom stereocenters. The largest absolute Gasteiger partial charge is 0.490 e. The molecular weight excluding hydrogens is 380 g/mol. The molecule has 3 heterocycles. The molecular formula is C20H20N2O5S. The van der Waals surface area contributed by atoms with E-state index in [0.717, 1.165) is 12.0 Å². The van der Waals surface area contributed by atoms with Crippen molar-refractivity contribution in [3.63, 3.8) is 0 Å². The number of benzene rings is 1. The highest BCUT2D eigenvalue weighted by molar-refractivity contribution is 7.89. The van der Waals surface area contributed by atoms with Crippen LogP contribution in [0.3, 0.4) is 0 Å². The molecule has 0 aliphatic carbocycles. The summed E-state index contributed by atoms with van der Waals surface area (Å²) in [6, 6.07) is 11.8. The Morgan fingerprint density at radius 3 is 2.61 bits per heavy atom. The minimum Gasteiger partial charge on any atom is -0.490 e. The van der Waals surface area contributed by atoms with Gasteiger partial charge in [0.05, 0.1) is 30.9 Å². The third-order valence-electron chi connectivity index (χ3n) is 4.35. The minimum atomic E-state index is -3.81. The Morgan fingerprint density at radius 2 is 1.86 bits per heavy atom. The summed E-state index contributed by atoms with van der Waals surface area (Å²) in [6.45, 7) is 1.32. The molecule has 0 fully saturated rings. The van der Waals surface area contributed by atoms with Gasteiger partial charge in [0, 0.05) is 31.4 Å². The zero-order valence-electron chi connectivity index (χ0n) is 15.2. The number of ether oxygens (including phenoxy) is 2. The SMILES string of the molecule is O=S(=O)(c1ccc2c(c1)OCCCO2)N(Cc1cccnc1)Cc1ccco1. The zero-order valence-corrected chi connectivity index (χ0v) is 16.0. The fourth-order valence-corrected chi connectivity index (χ4v) is 4.36. The van der Waals surface area contributed by atoms with E-state index in [1.54, 1.807) is 42.7 Å². The van der Waals surface area contributed by atoms with Gasteiger partial charge >= 0.3 is 0 Å². The van der Waals surface area contributed by atoms with E-state index in [1.165, 1.54) is 16.6 Å². The van der Waals surface area contributed by atoms with Crippen LogP contribution in [0, 0.1) is 0 Å². The first-order chi connectivity index (χ1) is 13.6. The van der Waals surface area contributed by atoms with Crippen LogP contribution < -0.4 is 9.47 Å². The smallest absolute Gasteiger partial charge is 0.243 e. The normalized spacial score (nSPS) is 14.0. The molecule has 0 radical (unpaired) electrons. The maximum atomic E-state index is 13.4. The molecule has 7 nitrogen and oxygen atoms in total. The monoisotopic (exact) mass is 400 g/mol. The van der Waals surface area contributed by atoms with Gasteiger partial charge < -0.3 is 13.9 Å². The Morgan fingerprint density at radius 1 is 1.00 bits per heavy atom. The predicted molar refractivity (Wildman–Crippen MR) is 101 cm³/mol. The minimum absolute atomic E-state index is 0.110. The van der Waals surface area contributed by atoms with E-state index in [9.17, 15) is 8.42 Å². The lowest BCUT2D eigenvalue weighted by molar-refractivity contribution is 0.296. The fraction of sp³-hybridized carbons (Fsp3) is 0.250. The van der Waals surface area contributed by atoms with E-state index in [4.69, 9.17) is 13.9 Å². The first-order valence-electron chi connectivity index (χ1n) is 8.94. The summed E-state index contributed by atoms with van der Waals surface area (Å²) < 4.78 is 44.8. The first kappa shape index (κ1) is 18.5. The number of sulfonamides is 1. The highest BCUT2D eigenvalue weighted by Crippen LogP contribution is 2.33. The molecule has 1 aliphatic rings. The quantitative estimate of drug-likeness (QED) is 0.632. The van der Waals surface area contributed by atoms with Crippen molar-refractivity contribution in [1.29, 1.82) is 0 Å². The molecule has 1 aromatic carbocycles. The lowest BCUT2D eigenvalue weighted by atomic mass is 10.3. The van der Waals surface area contributed by atoms with Gasteiger partial charge in [-0.05, 0) is 35.9 Å². The molecule has 0 bridgehead atoms. The van der Waals surface area contributed by atoms with Crippen LogP contribution in [0.5, 0.6) is 11.5 Å². The van der Waals surface area contributed by atoms with Crippen LogP contribution in [0.1, 0.15) is 17.7 Å². The highest BCUT2D eigenvalue weighted by Gasteiger charge is 2.27. The molecule has 0 saturated heterocycles. The lowest BCUT2D eigenvalue weighted by Crippen LogP contribution is -2.30. The lowest BCUT2D eigenvalue weighted by Gasteiger charge is -2.22. The van der Waals surface area contributed by atoms with Crippen LogP contribution in [-0.4, -0.2) is 30.9 Å². The molecule has 8 heteroatoms. The number of rotatable bonds is 6. The van der Waals surface area contributed by atoms with Crippen LogP contribution in [0.2, 0.25) is 0 Å². The second-order valence-electron chi connectivity index (χ2n) is 6.37. The van der Waals surface area contributed by atoms with E-state index < -0.39 is 10.0 Å². The standard InChI is InChI=1S/C20H20N2O5S/c23-28(24,18-6-7-19-20(12-18)27-11-3-10-26-19)22(15-17-5-2-9-25-17)14-16-4-1-8-21-13-16/h1-2,4-9,12-13H,3,10-11,14-15H2. The van der Waals surface area contributed by atoms with Gasteiger partial charge in [0.2, 0.25) is 10.0 Å². The molecule has 0 spiro atoms. The summed E-state index contributed by atoms with van der Waals surface area (Å²) >= 11 is 0. The van der Waals surface area contributed by atoms with Crippen molar-refractivity contribution in [3.8, 4) is 11.5 Å². The maximum absolute atomic E-state index is 13.4. The van der Waals surface area contributed by atoms with E-state index >= 15 is 0 Å². The Hall–Kier alpha value is -2.84. The van der Waals surface area contributed by atoms with Crippen molar-refractivity contribution < 1.29 is 22.3 Å². The molecule has 3 aromatic rings. The first-order valence-corrected chi connectivity index (χ1v) is 10.4. The summed E-state index contributed by atoms with van der Waals surface area (Å²) in [7, 11) is -3.81. The Labute approximate surface area is 163 Å². The number of hydrogen-bond donors (Lipinski definition) is 0. The Balaban J connectivity index is 1.68. The van der Waals surface area contributed by atoms with E-state index in [2.05, 4.69) is 4.98 Å². The molecule has 0 amide bonds. The molecule has 4 rings (SSSR count). The number of aromatic nitrogens is 1. The third kappa shape index (κ3) is 4.02. The average molecular weight is 400 g/mol. The van der Waals surface area contributed by atoms with Gasteiger partial charge in [-0.3, -0.25) is 4.98 Å². The highest BCUT2D eigenvalue weighted by atomic mass is 32.2. The van der Waals surface area contributed by atoms with Crippen LogP contribution >= 0.6 is 0 Å². The van der Waals surface area contributed by atoms with E-state index in [0.29, 0.717) is 30.5 Å². The molecule has 2 aromatic heterocycles. The molecule has 28 heavy (non-hydrogen) atoms. The summed E-state index contributed by atoms with van der Waals surface area (Å²) in [6.07, 6.45) is 5.58. The van der Waals surface area contributed by atoms with Crippen LogP contribution in [0.25, 0.3) is 0 Å². The number of furan rings is 1. The zero-order chi connectivity index (χ0) is 19.4. The number of hydrogen-bond acceptors (Lipinski definition) is 6. The average Bonchev–Trinajstić information content (AvgIpc) is 3.10. The van der Waals surface area contributed by atoms with Gasteiger partial charge in [0.25, 0.3) is 0 Å². The third-order valence-corrected chi connectivity index (χ3v) is 6.14. The van der Waals surface area contributed by atoms with Gasteiger partial charge in [-0.2, -0.15) is 4.31 Å². The van der Waals surface area contributed by atoms with Crippen molar-refractivity contribution in [2.45, 2.75) is 24.4 Å². The Kier molecular flexibility index (Phi) is 5.31. The molecule has 1 aliphatic heterocycles. The molecule has 0 saturated carbocycles. The van der Waals surface area contributed by atoms with Gasteiger partial charge in [-0.1, -0.05) is 6.07 Å². The number of fused-ring (bicyclic) bond motifs is 1. The second kappa shape index (κ2) is 8.04. The number of pyridine rings is 1. The predicted octanol–water partition coefficient (Wildman–Crippen LogP) is 3.23. The van der Waals surface area contributed by atoms with E-state index in [1.807, 2.05) is 6.07 Å². The van der Waals surface area contributed by atoms with Gasteiger partial charge in [0.15, 0.2) is 11.5 Å². The topological polar surface area (TPSA) is 81.9 Å². The van der Waals surface area contributed by atoms with Gasteiger partial charge in [-0.15, -0.1) is 0 Å². The van der Waals surface area contributed by atoms with Crippen LogP contribution in [0.15, 0.2) is 70.4 Å². The second-order valence-corrected chi connectivity index (χ2v) is 8.31. The summed E-state index contributed by atoms with van der Waals surface area (Å²) in [5, 5.41) is 0. The summed E-state index contributed by atoms with van der Waals surface area (Å²) in [5.41, 5.74) is 0.784. The van der Waals surface area contributed by atoms with Crippen molar-refractivity contribution >= 4 is 10.0 Å². The maximum Gasteiger partial charge on any atom is 0.243 e. The van der Waals surface area contributed by atoms with Crippen molar-refractivity contribution in [2.24, 2.45) is 0 Å². The molecule has 0 atom stereocenters. The molecule has 0 N–H and O–H groups in total. The van der Waals surface area contributed by atoms with Crippen molar-refractivity contribution in [3.05, 3.63) is 72.4 Å². The fourth-order valence-electron chi connectivity index (χ4n) is 2.95. The van der Waals surface area contributed by atoms with Gasteiger partial charge in [-0.25, -0.2) is 8.42 Å².